The Hall–Kier alpha value is -0.530. The zero-order valence-corrected chi connectivity index (χ0v) is 12.2. The van der Waals surface area contributed by atoms with E-state index in [4.69, 9.17) is 11.6 Å². The molecule has 1 saturated carbocycles. The minimum atomic E-state index is -0.192. The summed E-state index contributed by atoms with van der Waals surface area (Å²) in [5, 5.41) is 11.1. The molecule has 18 heavy (non-hydrogen) atoms. The van der Waals surface area contributed by atoms with Crippen LogP contribution in [0.15, 0.2) is 24.3 Å². The lowest BCUT2D eigenvalue weighted by Gasteiger charge is -2.42. The van der Waals surface area contributed by atoms with E-state index in [-0.39, 0.29) is 11.5 Å². The van der Waals surface area contributed by atoms with Gasteiger partial charge in [-0.2, -0.15) is 0 Å². The Morgan fingerprint density at radius 1 is 1.28 bits per heavy atom. The normalized spacial score (nSPS) is 29.3. The maximum Gasteiger partial charge on any atom is 0.0579 e. The van der Waals surface area contributed by atoms with Crippen molar-refractivity contribution in [3.63, 3.8) is 0 Å². The fraction of sp³-hybridized carbons (Fsp3) is 0.625. The summed E-state index contributed by atoms with van der Waals surface area (Å²) in [6.45, 7) is 6.68. The molecule has 1 aromatic carbocycles. The highest BCUT2D eigenvalue weighted by Gasteiger charge is 2.39. The highest BCUT2D eigenvalue weighted by molar-refractivity contribution is 6.30. The number of aliphatic hydroxyl groups is 1. The minimum Gasteiger partial charge on any atom is -0.393 e. The van der Waals surface area contributed by atoms with Crippen LogP contribution in [0.3, 0.4) is 0 Å². The summed E-state index contributed by atoms with van der Waals surface area (Å²) in [5.41, 5.74) is 1.21. The fourth-order valence-electron chi connectivity index (χ4n) is 3.30. The van der Waals surface area contributed by atoms with E-state index in [1.807, 2.05) is 18.2 Å². The van der Waals surface area contributed by atoms with Crippen molar-refractivity contribution >= 4 is 11.6 Å². The molecule has 0 spiro atoms. The molecular formula is C16H23ClO. The first-order valence-corrected chi connectivity index (χ1v) is 7.23. The third-order valence-electron chi connectivity index (χ3n) is 4.57. The molecule has 2 heteroatoms. The molecule has 3 atom stereocenters. The summed E-state index contributed by atoms with van der Waals surface area (Å²) in [7, 11) is 0. The van der Waals surface area contributed by atoms with Gasteiger partial charge >= 0.3 is 0 Å². The second kappa shape index (κ2) is 5.22. The van der Waals surface area contributed by atoms with Gasteiger partial charge in [0.2, 0.25) is 0 Å². The molecule has 0 heterocycles. The molecular weight excluding hydrogens is 244 g/mol. The first kappa shape index (κ1) is 13.9. The molecule has 0 aliphatic heterocycles. The molecule has 0 aromatic heterocycles. The number of rotatable bonds is 2. The van der Waals surface area contributed by atoms with E-state index < -0.39 is 0 Å². The van der Waals surface area contributed by atoms with Gasteiger partial charge in [0, 0.05) is 5.02 Å². The van der Waals surface area contributed by atoms with Gasteiger partial charge in [0.05, 0.1) is 6.10 Å². The summed E-state index contributed by atoms with van der Waals surface area (Å²) in [4.78, 5) is 0. The van der Waals surface area contributed by atoms with E-state index in [0.29, 0.717) is 11.8 Å². The lowest BCUT2D eigenvalue weighted by atomic mass is 9.64. The molecule has 100 valence electrons. The van der Waals surface area contributed by atoms with Crippen molar-refractivity contribution in [3.8, 4) is 0 Å². The standard InChI is InChI=1S/C16H23ClO/c1-11-7-8-14(15(18)9-11)16(2,3)12-5-4-6-13(17)10-12/h4-6,10-11,14-15,18H,7-9H2,1-3H3. The predicted octanol–water partition coefficient (Wildman–Crippen LogP) is 4.41. The Morgan fingerprint density at radius 2 is 2.00 bits per heavy atom. The SMILES string of the molecule is CC1CCC(C(C)(C)c2cccc(Cl)c2)C(O)C1. The summed E-state index contributed by atoms with van der Waals surface area (Å²) >= 11 is 6.09. The Labute approximate surface area is 115 Å². The molecule has 1 aromatic rings. The summed E-state index contributed by atoms with van der Waals surface area (Å²) < 4.78 is 0. The number of aliphatic hydroxyl groups excluding tert-OH is 1. The van der Waals surface area contributed by atoms with Gasteiger partial charge in [-0.1, -0.05) is 50.9 Å². The van der Waals surface area contributed by atoms with E-state index in [1.54, 1.807) is 0 Å². The van der Waals surface area contributed by atoms with E-state index >= 15 is 0 Å². The van der Waals surface area contributed by atoms with E-state index in [0.717, 1.165) is 17.9 Å². The van der Waals surface area contributed by atoms with Crippen molar-refractivity contribution in [2.75, 3.05) is 0 Å². The molecule has 2 rings (SSSR count). The smallest absolute Gasteiger partial charge is 0.0579 e. The molecule has 3 unspecified atom stereocenters. The topological polar surface area (TPSA) is 20.2 Å². The third kappa shape index (κ3) is 2.73. The van der Waals surface area contributed by atoms with Crippen LogP contribution in [0.5, 0.6) is 0 Å². The molecule has 0 bridgehead atoms. The largest absolute Gasteiger partial charge is 0.393 e. The van der Waals surface area contributed by atoms with Crippen LogP contribution in [-0.4, -0.2) is 11.2 Å². The Morgan fingerprint density at radius 3 is 2.61 bits per heavy atom. The monoisotopic (exact) mass is 266 g/mol. The van der Waals surface area contributed by atoms with E-state index in [9.17, 15) is 5.11 Å². The molecule has 1 aliphatic rings. The van der Waals surface area contributed by atoms with E-state index in [2.05, 4.69) is 26.8 Å². The van der Waals surface area contributed by atoms with Gasteiger partial charge < -0.3 is 5.11 Å². The molecule has 1 fully saturated rings. The predicted molar refractivity (Wildman–Crippen MR) is 77.0 cm³/mol. The number of halogens is 1. The van der Waals surface area contributed by atoms with Crippen LogP contribution in [0, 0.1) is 11.8 Å². The summed E-state index contributed by atoms with van der Waals surface area (Å²) in [6, 6.07) is 8.06. The quantitative estimate of drug-likeness (QED) is 0.840. The van der Waals surface area contributed by atoms with Crippen LogP contribution in [0.1, 0.15) is 45.6 Å². The van der Waals surface area contributed by atoms with Crippen molar-refractivity contribution in [1.82, 2.24) is 0 Å². The number of benzene rings is 1. The van der Waals surface area contributed by atoms with Gasteiger partial charge in [0.15, 0.2) is 0 Å². The number of hydrogen-bond acceptors (Lipinski definition) is 1. The van der Waals surface area contributed by atoms with Crippen LogP contribution in [0.2, 0.25) is 5.02 Å². The lowest BCUT2D eigenvalue weighted by Crippen LogP contribution is -2.41. The average Bonchev–Trinajstić information content (AvgIpc) is 2.28. The number of hydrogen-bond donors (Lipinski definition) is 1. The first-order valence-electron chi connectivity index (χ1n) is 6.85. The molecule has 1 N–H and O–H groups in total. The molecule has 1 aliphatic carbocycles. The highest BCUT2D eigenvalue weighted by atomic mass is 35.5. The molecule has 0 radical (unpaired) electrons. The van der Waals surface area contributed by atoms with Crippen LogP contribution in [0.25, 0.3) is 0 Å². The van der Waals surface area contributed by atoms with Crippen molar-refractivity contribution in [1.29, 1.82) is 0 Å². The maximum atomic E-state index is 10.4. The van der Waals surface area contributed by atoms with Gasteiger partial charge in [-0.3, -0.25) is 0 Å². The molecule has 0 amide bonds. The Kier molecular flexibility index (Phi) is 4.03. The summed E-state index contributed by atoms with van der Waals surface area (Å²) in [6.07, 6.45) is 3.05. The third-order valence-corrected chi connectivity index (χ3v) is 4.81. The lowest BCUT2D eigenvalue weighted by molar-refractivity contribution is 0.0143. The minimum absolute atomic E-state index is 0.0234. The van der Waals surface area contributed by atoms with Gasteiger partial charge in [-0.05, 0) is 47.8 Å². The zero-order valence-electron chi connectivity index (χ0n) is 11.5. The fourth-order valence-corrected chi connectivity index (χ4v) is 3.49. The Bertz CT molecular complexity index is 413. The maximum absolute atomic E-state index is 10.4. The van der Waals surface area contributed by atoms with Crippen LogP contribution >= 0.6 is 11.6 Å². The summed E-state index contributed by atoms with van der Waals surface area (Å²) in [5.74, 6) is 0.971. The van der Waals surface area contributed by atoms with Crippen molar-refractivity contribution in [3.05, 3.63) is 34.9 Å². The van der Waals surface area contributed by atoms with Gasteiger partial charge in [-0.25, -0.2) is 0 Å². The van der Waals surface area contributed by atoms with Gasteiger partial charge in [0.25, 0.3) is 0 Å². The highest BCUT2D eigenvalue weighted by Crippen LogP contribution is 2.42. The second-order valence-electron chi connectivity index (χ2n) is 6.32. The average molecular weight is 267 g/mol. The van der Waals surface area contributed by atoms with Crippen molar-refractivity contribution < 1.29 is 5.11 Å². The van der Waals surface area contributed by atoms with Gasteiger partial charge in [0.1, 0.15) is 0 Å². The zero-order chi connectivity index (χ0) is 13.3. The van der Waals surface area contributed by atoms with Crippen molar-refractivity contribution in [2.24, 2.45) is 11.8 Å². The second-order valence-corrected chi connectivity index (χ2v) is 6.76. The molecule has 0 saturated heterocycles. The van der Waals surface area contributed by atoms with Crippen LogP contribution in [-0.2, 0) is 5.41 Å². The van der Waals surface area contributed by atoms with Gasteiger partial charge in [-0.15, -0.1) is 0 Å². The van der Waals surface area contributed by atoms with E-state index in [1.165, 1.54) is 12.0 Å². The Balaban J connectivity index is 2.25. The molecule has 1 nitrogen and oxygen atoms in total. The van der Waals surface area contributed by atoms with Crippen LogP contribution in [0.4, 0.5) is 0 Å². The first-order chi connectivity index (χ1) is 8.41. The van der Waals surface area contributed by atoms with Crippen molar-refractivity contribution in [2.45, 2.75) is 51.6 Å². The van der Waals surface area contributed by atoms with Crippen LogP contribution < -0.4 is 0 Å².